The van der Waals surface area contributed by atoms with Crippen LogP contribution in [0.2, 0.25) is 0 Å². The predicted octanol–water partition coefficient (Wildman–Crippen LogP) is 2.12. The third kappa shape index (κ3) is 3.25. The smallest absolute Gasteiger partial charge is 0.421 e. The first-order chi connectivity index (χ1) is 5.13. The van der Waals surface area contributed by atoms with Crippen LogP contribution in [0.15, 0.2) is 11.7 Å². The van der Waals surface area contributed by atoms with E-state index in [1.165, 1.54) is 0 Å². The SMILES string of the molecule is COC(=O)N(/C=C\Cl)C(=O)Cl. The van der Waals surface area contributed by atoms with E-state index in [2.05, 4.69) is 4.74 Å². The normalized spacial score (nSPS) is 9.73. The second-order valence-corrected chi connectivity index (χ2v) is 1.94. The lowest BCUT2D eigenvalue weighted by Crippen LogP contribution is -2.27. The quantitative estimate of drug-likeness (QED) is 0.478. The first-order valence-electron chi connectivity index (χ1n) is 2.47. The van der Waals surface area contributed by atoms with Gasteiger partial charge in [0.05, 0.1) is 7.11 Å². The number of carbonyl (C=O) groups is 2. The lowest BCUT2D eigenvalue weighted by molar-refractivity contribution is 0.148. The molecule has 0 N–H and O–H groups in total. The fourth-order valence-corrected chi connectivity index (χ4v) is 0.584. The van der Waals surface area contributed by atoms with Gasteiger partial charge < -0.3 is 4.74 Å². The van der Waals surface area contributed by atoms with Crippen molar-refractivity contribution in [1.29, 1.82) is 0 Å². The fourth-order valence-electron chi connectivity index (χ4n) is 0.346. The van der Waals surface area contributed by atoms with Crippen molar-refractivity contribution in [2.45, 2.75) is 0 Å². The maximum Gasteiger partial charge on any atom is 0.421 e. The van der Waals surface area contributed by atoms with E-state index in [4.69, 9.17) is 23.2 Å². The third-order valence-corrected chi connectivity index (χ3v) is 1.06. The number of imide groups is 1. The van der Waals surface area contributed by atoms with Crippen molar-refractivity contribution in [3.05, 3.63) is 11.7 Å². The summed E-state index contributed by atoms with van der Waals surface area (Å²) in [6.07, 6.45) is 0.102. The zero-order chi connectivity index (χ0) is 8.85. The number of carbonyl (C=O) groups excluding carboxylic acids is 2. The third-order valence-electron chi connectivity index (χ3n) is 0.766. The van der Waals surface area contributed by atoms with Gasteiger partial charge in [0.2, 0.25) is 0 Å². The van der Waals surface area contributed by atoms with Crippen LogP contribution < -0.4 is 0 Å². The molecule has 0 aromatic carbocycles. The second kappa shape index (κ2) is 4.98. The Labute approximate surface area is 73.3 Å². The van der Waals surface area contributed by atoms with Gasteiger partial charge in [-0.25, -0.2) is 9.69 Å². The Bertz CT molecular complexity index is 192. The molecular formula is C5H5Cl2NO3. The molecule has 0 unspecified atom stereocenters. The fraction of sp³-hybridized carbons (Fsp3) is 0.200. The van der Waals surface area contributed by atoms with Crippen LogP contribution in [0.5, 0.6) is 0 Å². The van der Waals surface area contributed by atoms with Gasteiger partial charge in [-0.3, -0.25) is 4.79 Å². The van der Waals surface area contributed by atoms with E-state index in [0.29, 0.717) is 4.90 Å². The molecule has 0 aliphatic carbocycles. The molecule has 0 radical (unpaired) electrons. The molecule has 0 aliphatic rings. The highest BCUT2D eigenvalue weighted by atomic mass is 35.5. The first kappa shape index (κ1) is 10.3. The molecule has 11 heavy (non-hydrogen) atoms. The summed E-state index contributed by atoms with van der Waals surface area (Å²) in [7, 11) is 1.12. The highest BCUT2D eigenvalue weighted by Gasteiger charge is 2.16. The van der Waals surface area contributed by atoms with Crippen LogP contribution in [0.1, 0.15) is 0 Å². The van der Waals surface area contributed by atoms with Gasteiger partial charge in [-0.05, 0) is 11.6 Å². The molecule has 2 amide bonds. The van der Waals surface area contributed by atoms with Crippen LogP contribution in [0.4, 0.5) is 9.59 Å². The minimum absolute atomic E-state index is 0.522. The molecule has 62 valence electrons. The molecule has 0 fully saturated rings. The number of hydrogen-bond acceptors (Lipinski definition) is 3. The summed E-state index contributed by atoms with van der Waals surface area (Å²) < 4.78 is 4.20. The van der Waals surface area contributed by atoms with Crippen molar-refractivity contribution in [1.82, 2.24) is 4.90 Å². The van der Waals surface area contributed by atoms with Crippen LogP contribution >= 0.6 is 23.2 Å². The van der Waals surface area contributed by atoms with Crippen molar-refractivity contribution in [2.24, 2.45) is 0 Å². The molecule has 0 saturated heterocycles. The Morgan fingerprint density at radius 3 is 2.36 bits per heavy atom. The highest BCUT2D eigenvalue weighted by Crippen LogP contribution is 2.01. The number of nitrogens with zero attached hydrogens (tertiary/aromatic N) is 1. The average Bonchev–Trinajstić information content (AvgIpc) is 1.98. The summed E-state index contributed by atoms with van der Waals surface area (Å²) in [5, 5.41) is -0.978. The molecule has 0 aromatic rings. The van der Waals surface area contributed by atoms with Crippen molar-refractivity contribution in [2.75, 3.05) is 7.11 Å². The van der Waals surface area contributed by atoms with E-state index in [-0.39, 0.29) is 0 Å². The zero-order valence-corrected chi connectivity index (χ0v) is 7.09. The van der Waals surface area contributed by atoms with E-state index in [9.17, 15) is 9.59 Å². The molecule has 6 heteroatoms. The summed E-state index contributed by atoms with van der Waals surface area (Å²) in [4.78, 5) is 21.6. The van der Waals surface area contributed by atoms with Crippen molar-refractivity contribution < 1.29 is 14.3 Å². The minimum atomic E-state index is -0.978. The molecule has 0 aliphatic heterocycles. The predicted molar refractivity (Wildman–Crippen MR) is 40.5 cm³/mol. The van der Waals surface area contributed by atoms with E-state index < -0.39 is 11.5 Å². The summed E-state index contributed by atoms with van der Waals surface area (Å²) in [6.45, 7) is 0. The summed E-state index contributed by atoms with van der Waals surface area (Å²) in [5.41, 5.74) is 0.969. The topological polar surface area (TPSA) is 46.6 Å². The Balaban J connectivity index is 4.34. The Morgan fingerprint density at radius 2 is 2.09 bits per heavy atom. The van der Waals surface area contributed by atoms with Crippen LogP contribution in [-0.2, 0) is 4.74 Å². The first-order valence-corrected chi connectivity index (χ1v) is 3.28. The van der Waals surface area contributed by atoms with Gasteiger partial charge in [0.25, 0.3) is 0 Å². The maximum absolute atomic E-state index is 10.6. The average molecular weight is 198 g/mol. The molecule has 4 nitrogen and oxygen atoms in total. The van der Waals surface area contributed by atoms with Gasteiger partial charge in [-0.2, -0.15) is 0 Å². The zero-order valence-electron chi connectivity index (χ0n) is 5.58. The summed E-state index contributed by atoms with van der Waals surface area (Å²) in [5.74, 6) is 0. The number of rotatable bonds is 1. The van der Waals surface area contributed by atoms with E-state index in [0.717, 1.165) is 18.8 Å². The van der Waals surface area contributed by atoms with Gasteiger partial charge in [-0.1, -0.05) is 11.6 Å². The number of halogens is 2. The second-order valence-electron chi connectivity index (χ2n) is 1.37. The van der Waals surface area contributed by atoms with Gasteiger partial charge in [0.15, 0.2) is 0 Å². The molecular weight excluding hydrogens is 193 g/mol. The van der Waals surface area contributed by atoms with Crippen LogP contribution in [0, 0.1) is 0 Å². The van der Waals surface area contributed by atoms with Crippen LogP contribution in [-0.4, -0.2) is 23.5 Å². The van der Waals surface area contributed by atoms with E-state index in [1.54, 1.807) is 0 Å². The highest BCUT2D eigenvalue weighted by molar-refractivity contribution is 6.64. The monoisotopic (exact) mass is 197 g/mol. The Kier molecular flexibility index (Phi) is 4.65. The number of amides is 2. The Hall–Kier alpha value is -0.740. The van der Waals surface area contributed by atoms with Gasteiger partial charge in [0.1, 0.15) is 0 Å². The van der Waals surface area contributed by atoms with Crippen molar-refractivity contribution in [3.63, 3.8) is 0 Å². The number of hydrogen-bond donors (Lipinski definition) is 0. The minimum Gasteiger partial charge on any atom is -0.452 e. The van der Waals surface area contributed by atoms with Crippen LogP contribution in [0.3, 0.4) is 0 Å². The van der Waals surface area contributed by atoms with Gasteiger partial charge in [0, 0.05) is 11.7 Å². The molecule has 0 spiro atoms. The standard InChI is InChI=1S/C5H5Cl2NO3/c1-11-5(10)8(3-2-6)4(7)9/h2-3H,1H3/b3-2-. The van der Waals surface area contributed by atoms with E-state index >= 15 is 0 Å². The molecule has 0 saturated carbocycles. The van der Waals surface area contributed by atoms with Crippen molar-refractivity contribution in [3.8, 4) is 0 Å². The van der Waals surface area contributed by atoms with Gasteiger partial charge >= 0.3 is 11.5 Å². The van der Waals surface area contributed by atoms with Gasteiger partial charge in [-0.15, -0.1) is 0 Å². The molecule has 0 bridgehead atoms. The largest absolute Gasteiger partial charge is 0.452 e. The number of ether oxygens (including phenoxy) is 1. The summed E-state index contributed by atoms with van der Waals surface area (Å²) in [6, 6.07) is 0. The van der Waals surface area contributed by atoms with E-state index in [1.807, 2.05) is 0 Å². The molecule has 0 atom stereocenters. The van der Waals surface area contributed by atoms with Crippen molar-refractivity contribution >= 4 is 34.7 Å². The Morgan fingerprint density at radius 1 is 1.55 bits per heavy atom. The molecule has 0 aromatic heterocycles. The maximum atomic E-state index is 10.6. The molecule has 0 heterocycles. The lowest BCUT2D eigenvalue weighted by Gasteiger charge is -2.08. The number of methoxy groups -OCH3 is 1. The molecule has 0 rings (SSSR count). The summed E-state index contributed by atoms with van der Waals surface area (Å²) >= 11 is 10.1. The van der Waals surface area contributed by atoms with Crippen LogP contribution in [0.25, 0.3) is 0 Å². The lowest BCUT2D eigenvalue weighted by atomic mass is 10.8.